The van der Waals surface area contributed by atoms with Crippen molar-refractivity contribution in [3.63, 3.8) is 0 Å². The van der Waals surface area contributed by atoms with Crippen LogP contribution in [0.15, 0.2) is 6.07 Å². The second kappa shape index (κ2) is 5.37. The number of nitrogens with two attached hydrogens (primary N) is 1. The molecule has 0 saturated heterocycles. The van der Waals surface area contributed by atoms with Crippen LogP contribution in [0.3, 0.4) is 0 Å². The number of hydrogen-bond acceptors (Lipinski definition) is 1. The first-order valence-corrected chi connectivity index (χ1v) is 4.97. The first kappa shape index (κ1) is 12.3. The Morgan fingerprint density at radius 1 is 1.13 bits per heavy atom. The normalized spacial score (nSPS) is 10.7. The van der Waals surface area contributed by atoms with Crippen molar-refractivity contribution >= 4 is 11.6 Å². The number of halogens is 4. The SMILES string of the molecule is NCCCCc1c(F)cc(F)c(Cl)c1F. The Bertz CT molecular complexity index is 355. The molecule has 2 N–H and O–H groups in total. The molecule has 1 aromatic rings. The monoisotopic (exact) mass is 237 g/mol. The Hall–Kier alpha value is -0.740. The summed E-state index contributed by atoms with van der Waals surface area (Å²) in [6.45, 7) is 0.457. The van der Waals surface area contributed by atoms with E-state index in [1.54, 1.807) is 0 Å². The smallest absolute Gasteiger partial charge is 0.150 e. The third-order valence-corrected chi connectivity index (χ3v) is 2.44. The maximum absolute atomic E-state index is 13.3. The summed E-state index contributed by atoms with van der Waals surface area (Å²) in [4.78, 5) is 0. The van der Waals surface area contributed by atoms with E-state index in [2.05, 4.69) is 0 Å². The minimum Gasteiger partial charge on any atom is -0.330 e. The molecule has 0 bridgehead atoms. The highest BCUT2D eigenvalue weighted by Crippen LogP contribution is 2.25. The summed E-state index contributed by atoms with van der Waals surface area (Å²) < 4.78 is 39.2. The largest absolute Gasteiger partial charge is 0.330 e. The Labute approximate surface area is 91.0 Å². The van der Waals surface area contributed by atoms with Crippen molar-refractivity contribution in [2.75, 3.05) is 6.54 Å². The summed E-state index contributed by atoms with van der Waals surface area (Å²) in [5.74, 6) is -2.98. The van der Waals surface area contributed by atoms with Crippen LogP contribution in [0.4, 0.5) is 13.2 Å². The van der Waals surface area contributed by atoms with Gasteiger partial charge in [-0.1, -0.05) is 11.6 Å². The Kier molecular flexibility index (Phi) is 4.42. The van der Waals surface area contributed by atoms with E-state index in [0.717, 1.165) is 0 Å². The van der Waals surface area contributed by atoms with Gasteiger partial charge in [-0.15, -0.1) is 0 Å². The highest BCUT2D eigenvalue weighted by molar-refractivity contribution is 6.30. The van der Waals surface area contributed by atoms with Crippen LogP contribution in [0, 0.1) is 17.5 Å². The summed E-state index contributed by atoms with van der Waals surface area (Å²) in [7, 11) is 0. The lowest BCUT2D eigenvalue weighted by Crippen LogP contribution is -2.03. The fourth-order valence-corrected chi connectivity index (χ4v) is 1.45. The Morgan fingerprint density at radius 3 is 2.40 bits per heavy atom. The van der Waals surface area contributed by atoms with Crippen molar-refractivity contribution in [2.45, 2.75) is 19.3 Å². The molecule has 0 spiro atoms. The van der Waals surface area contributed by atoms with Crippen molar-refractivity contribution in [1.29, 1.82) is 0 Å². The van der Waals surface area contributed by atoms with Crippen molar-refractivity contribution in [2.24, 2.45) is 5.73 Å². The molecule has 0 atom stereocenters. The Balaban J connectivity index is 2.92. The lowest BCUT2D eigenvalue weighted by atomic mass is 10.1. The van der Waals surface area contributed by atoms with E-state index in [4.69, 9.17) is 17.3 Å². The second-order valence-corrected chi connectivity index (χ2v) is 3.57. The molecule has 0 radical (unpaired) electrons. The predicted molar refractivity (Wildman–Crippen MR) is 53.3 cm³/mol. The lowest BCUT2D eigenvalue weighted by Gasteiger charge is -2.06. The molecule has 84 valence electrons. The topological polar surface area (TPSA) is 26.0 Å². The second-order valence-electron chi connectivity index (χ2n) is 3.19. The van der Waals surface area contributed by atoms with E-state index < -0.39 is 22.5 Å². The van der Waals surface area contributed by atoms with Gasteiger partial charge < -0.3 is 5.73 Å². The maximum atomic E-state index is 13.3. The quantitative estimate of drug-likeness (QED) is 0.486. The zero-order valence-electron chi connectivity index (χ0n) is 7.99. The van der Waals surface area contributed by atoms with Crippen LogP contribution in [-0.4, -0.2) is 6.54 Å². The Morgan fingerprint density at radius 2 is 1.80 bits per heavy atom. The summed E-state index contributed by atoms with van der Waals surface area (Å²) in [6.07, 6.45) is 1.38. The number of hydrogen-bond donors (Lipinski definition) is 1. The average Bonchev–Trinajstić information content (AvgIpc) is 2.20. The van der Waals surface area contributed by atoms with Gasteiger partial charge in [0.2, 0.25) is 0 Å². The molecule has 5 heteroatoms. The molecule has 1 aromatic carbocycles. The van der Waals surface area contributed by atoms with Crippen molar-refractivity contribution < 1.29 is 13.2 Å². The highest BCUT2D eigenvalue weighted by Gasteiger charge is 2.16. The zero-order valence-corrected chi connectivity index (χ0v) is 8.75. The average molecular weight is 238 g/mol. The van der Waals surface area contributed by atoms with Gasteiger partial charge in [-0.2, -0.15) is 0 Å². The molecule has 0 heterocycles. The van der Waals surface area contributed by atoms with Gasteiger partial charge in [-0.05, 0) is 25.8 Å². The van der Waals surface area contributed by atoms with Crippen LogP contribution >= 0.6 is 11.6 Å². The van der Waals surface area contributed by atoms with E-state index in [1.807, 2.05) is 0 Å². The van der Waals surface area contributed by atoms with E-state index in [-0.39, 0.29) is 12.0 Å². The predicted octanol–water partition coefficient (Wildman–Crippen LogP) is 3.04. The molecule has 1 nitrogen and oxygen atoms in total. The molecule has 0 aliphatic rings. The molecule has 0 aliphatic carbocycles. The summed E-state index contributed by atoms with van der Waals surface area (Å²) in [5.41, 5.74) is 5.08. The minimum absolute atomic E-state index is 0.171. The van der Waals surface area contributed by atoms with Crippen LogP contribution in [0.5, 0.6) is 0 Å². The van der Waals surface area contributed by atoms with Gasteiger partial charge in [0.15, 0.2) is 5.82 Å². The zero-order chi connectivity index (χ0) is 11.4. The molecule has 1 rings (SSSR count). The van der Waals surface area contributed by atoms with Crippen LogP contribution < -0.4 is 5.73 Å². The molecule has 0 unspecified atom stereocenters. The summed E-state index contributed by atoms with van der Waals surface area (Å²) in [5, 5.41) is -0.654. The first-order valence-electron chi connectivity index (χ1n) is 4.60. The summed E-state index contributed by atoms with van der Waals surface area (Å²) in [6, 6.07) is 0.600. The van der Waals surface area contributed by atoms with Crippen LogP contribution in [-0.2, 0) is 6.42 Å². The fourth-order valence-electron chi connectivity index (χ4n) is 1.28. The van der Waals surface area contributed by atoms with E-state index in [1.165, 1.54) is 0 Å². The van der Waals surface area contributed by atoms with Crippen LogP contribution in [0.1, 0.15) is 18.4 Å². The molecule has 15 heavy (non-hydrogen) atoms. The van der Waals surface area contributed by atoms with Gasteiger partial charge >= 0.3 is 0 Å². The number of rotatable bonds is 4. The standard InChI is InChI=1S/C10H11ClF3N/c11-9-8(13)5-7(12)6(10(9)14)3-1-2-4-15/h5H,1-4,15H2. The van der Waals surface area contributed by atoms with Gasteiger partial charge in [0.25, 0.3) is 0 Å². The first-order chi connectivity index (χ1) is 7.07. The molecular weight excluding hydrogens is 227 g/mol. The van der Waals surface area contributed by atoms with E-state index in [9.17, 15) is 13.2 Å². The van der Waals surface area contributed by atoms with Gasteiger partial charge in [-0.25, -0.2) is 13.2 Å². The molecule has 0 aromatic heterocycles. The van der Waals surface area contributed by atoms with E-state index >= 15 is 0 Å². The van der Waals surface area contributed by atoms with Gasteiger partial charge in [0.1, 0.15) is 16.7 Å². The third-order valence-electron chi connectivity index (χ3n) is 2.09. The van der Waals surface area contributed by atoms with Gasteiger partial charge in [0.05, 0.1) is 0 Å². The lowest BCUT2D eigenvalue weighted by molar-refractivity contribution is 0.519. The summed E-state index contributed by atoms with van der Waals surface area (Å²) >= 11 is 5.33. The highest BCUT2D eigenvalue weighted by atomic mass is 35.5. The molecule has 0 saturated carbocycles. The molecule has 0 aliphatic heterocycles. The van der Waals surface area contributed by atoms with Crippen molar-refractivity contribution in [3.8, 4) is 0 Å². The molecule has 0 fully saturated rings. The minimum atomic E-state index is -1.07. The van der Waals surface area contributed by atoms with Gasteiger partial charge in [0, 0.05) is 11.6 Å². The van der Waals surface area contributed by atoms with Crippen molar-refractivity contribution in [3.05, 3.63) is 34.1 Å². The maximum Gasteiger partial charge on any atom is 0.150 e. The molecular formula is C10H11ClF3N. The number of benzene rings is 1. The number of unbranched alkanes of at least 4 members (excludes halogenated alkanes) is 1. The van der Waals surface area contributed by atoms with Crippen LogP contribution in [0.25, 0.3) is 0 Å². The fraction of sp³-hybridized carbons (Fsp3) is 0.400. The van der Waals surface area contributed by atoms with E-state index in [0.29, 0.717) is 25.5 Å². The van der Waals surface area contributed by atoms with Crippen molar-refractivity contribution in [1.82, 2.24) is 0 Å². The van der Waals surface area contributed by atoms with Gasteiger partial charge in [-0.3, -0.25) is 0 Å². The van der Waals surface area contributed by atoms with Crippen LogP contribution in [0.2, 0.25) is 5.02 Å². The third kappa shape index (κ3) is 2.86. The molecule has 0 amide bonds.